The summed E-state index contributed by atoms with van der Waals surface area (Å²) in [6, 6.07) is 12.5. The third kappa shape index (κ3) is 12.4. The van der Waals surface area contributed by atoms with Gasteiger partial charge in [0.25, 0.3) is 5.91 Å². The molecular formula is C42H63N3O7Si. The number of carbonyl (C=O) groups is 4. The fourth-order valence-electron chi connectivity index (χ4n) is 7.03. The maximum atomic E-state index is 13.2. The molecule has 0 bridgehead atoms. The molecule has 292 valence electrons. The monoisotopic (exact) mass is 749 g/mol. The van der Waals surface area contributed by atoms with E-state index in [2.05, 4.69) is 49.8 Å². The lowest BCUT2D eigenvalue weighted by atomic mass is 9.81. The van der Waals surface area contributed by atoms with Crippen molar-refractivity contribution in [2.24, 2.45) is 11.8 Å². The summed E-state index contributed by atoms with van der Waals surface area (Å²) in [5.41, 5.74) is 3.81. The molecule has 0 spiro atoms. The summed E-state index contributed by atoms with van der Waals surface area (Å²) in [5, 5.41) is 19.0. The molecule has 11 heteroatoms. The number of carbonyl (C=O) groups excluding carboxylic acids is 3. The van der Waals surface area contributed by atoms with E-state index in [0.717, 1.165) is 60.8 Å². The SMILES string of the molecule is Cc1cc(C(=O)NC2CCC(O[Si](C)(C)C(C)(C)C)CC2)ccc1-c1ccc(C[C@H](NC(=O)C2CCC(CNC(=O)OC(C)(C)C)CC2)C(=O)O)cc1. The summed E-state index contributed by atoms with van der Waals surface area (Å²) in [4.78, 5) is 50.4. The van der Waals surface area contributed by atoms with Gasteiger partial charge in [0.05, 0.1) is 0 Å². The minimum atomic E-state index is -1.81. The van der Waals surface area contributed by atoms with Crippen molar-refractivity contribution in [3.63, 3.8) is 0 Å². The van der Waals surface area contributed by atoms with E-state index in [4.69, 9.17) is 9.16 Å². The Bertz CT molecular complexity index is 1580. The zero-order valence-electron chi connectivity index (χ0n) is 33.4. The van der Waals surface area contributed by atoms with Crippen molar-refractivity contribution in [1.29, 1.82) is 0 Å². The van der Waals surface area contributed by atoms with Crippen LogP contribution in [0.25, 0.3) is 11.1 Å². The van der Waals surface area contributed by atoms with Gasteiger partial charge in [-0.15, -0.1) is 0 Å². The van der Waals surface area contributed by atoms with Gasteiger partial charge < -0.3 is 30.2 Å². The molecule has 2 fully saturated rings. The molecule has 0 aromatic heterocycles. The summed E-state index contributed by atoms with van der Waals surface area (Å²) in [5.74, 6) is -1.38. The summed E-state index contributed by atoms with van der Waals surface area (Å²) >= 11 is 0. The van der Waals surface area contributed by atoms with Crippen molar-refractivity contribution in [1.82, 2.24) is 16.0 Å². The fourth-order valence-corrected chi connectivity index (χ4v) is 8.45. The molecule has 1 atom stereocenters. The maximum Gasteiger partial charge on any atom is 0.407 e. The molecule has 0 unspecified atom stereocenters. The van der Waals surface area contributed by atoms with Crippen LogP contribution in [0.2, 0.25) is 18.1 Å². The van der Waals surface area contributed by atoms with Crippen molar-refractivity contribution >= 4 is 32.2 Å². The van der Waals surface area contributed by atoms with Crippen LogP contribution in [0.4, 0.5) is 4.79 Å². The fraction of sp³-hybridized carbons (Fsp3) is 0.619. The van der Waals surface area contributed by atoms with E-state index >= 15 is 0 Å². The second-order valence-corrected chi connectivity index (χ2v) is 22.5. The normalized spacial score (nSPS) is 21.6. The van der Waals surface area contributed by atoms with Gasteiger partial charge in [0.2, 0.25) is 5.91 Å². The van der Waals surface area contributed by atoms with Crippen LogP contribution in [-0.2, 0) is 25.2 Å². The molecule has 0 radical (unpaired) electrons. The highest BCUT2D eigenvalue weighted by Crippen LogP contribution is 2.39. The van der Waals surface area contributed by atoms with Crippen LogP contribution >= 0.6 is 0 Å². The molecule has 4 N–H and O–H groups in total. The lowest BCUT2D eigenvalue weighted by Gasteiger charge is -2.41. The van der Waals surface area contributed by atoms with Crippen LogP contribution in [-0.4, -0.2) is 67.6 Å². The number of aliphatic carboxylic acids is 1. The summed E-state index contributed by atoms with van der Waals surface area (Å²) < 4.78 is 11.9. The Labute approximate surface area is 317 Å². The Morgan fingerprint density at radius 2 is 1.49 bits per heavy atom. The van der Waals surface area contributed by atoms with Crippen LogP contribution in [0, 0.1) is 18.8 Å². The molecule has 2 saturated carbocycles. The van der Waals surface area contributed by atoms with Crippen molar-refractivity contribution in [2.45, 2.75) is 148 Å². The number of aryl methyl sites for hydroxylation is 1. The lowest BCUT2D eigenvalue weighted by Crippen LogP contribution is -2.46. The van der Waals surface area contributed by atoms with Crippen molar-refractivity contribution in [3.8, 4) is 11.1 Å². The van der Waals surface area contributed by atoms with E-state index < -0.39 is 32.0 Å². The highest BCUT2D eigenvalue weighted by molar-refractivity contribution is 6.74. The standard InChI is InChI=1S/C42H63N3O7Si/c1-27-24-32(38(47)44-33-19-21-34(22-20-33)52-53(8,9)42(5,6)7)18-23-35(27)30-14-10-28(11-15-30)25-36(39(48)49)45-37(46)31-16-12-29(13-17-31)26-43-40(50)51-41(2,3)4/h10-11,14-15,18,23-24,29,31,33-34,36H,12-13,16-17,19-22,25-26H2,1-9H3,(H,43,50)(H,44,47)(H,45,46)(H,48,49)/t29?,31?,33?,34?,36-/m0/s1. The van der Waals surface area contributed by atoms with Gasteiger partial charge in [-0.25, -0.2) is 9.59 Å². The molecule has 0 saturated heterocycles. The first-order chi connectivity index (χ1) is 24.7. The average Bonchev–Trinajstić information content (AvgIpc) is 3.07. The number of hydrogen-bond donors (Lipinski definition) is 4. The molecule has 0 aliphatic heterocycles. The second kappa shape index (κ2) is 17.6. The smallest absolute Gasteiger partial charge is 0.407 e. The largest absolute Gasteiger partial charge is 0.480 e. The first-order valence-electron chi connectivity index (χ1n) is 19.4. The van der Waals surface area contributed by atoms with Crippen LogP contribution in [0.3, 0.4) is 0 Å². The lowest BCUT2D eigenvalue weighted by molar-refractivity contribution is -0.142. The number of carboxylic acids is 1. The van der Waals surface area contributed by atoms with Gasteiger partial charge in [-0.05, 0) is 137 Å². The van der Waals surface area contributed by atoms with E-state index in [0.29, 0.717) is 24.9 Å². The third-order valence-corrected chi connectivity index (χ3v) is 15.8. The highest BCUT2D eigenvalue weighted by Gasteiger charge is 2.40. The van der Waals surface area contributed by atoms with Crippen LogP contribution in [0.5, 0.6) is 0 Å². The summed E-state index contributed by atoms with van der Waals surface area (Å²) in [6.45, 7) is 19.3. The molecule has 2 aromatic rings. The molecule has 4 rings (SSSR count). The molecule has 3 amide bonds. The third-order valence-electron chi connectivity index (χ3n) is 11.2. The number of ether oxygens (including phenoxy) is 1. The number of hydrogen-bond acceptors (Lipinski definition) is 6. The van der Waals surface area contributed by atoms with E-state index in [1.54, 1.807) is 0 Å². The van der Waals surface area contributed by atoms with E-state index in [-0.39, 0.29) is 47.3 Å². The van der Waals surface area contributed by atoms with E-state index in [9.17, 15) is 24.3 Å². The molecule has 0 heterocycles. The average molecular weight is 750 g/mol. The Morgan fingerprint density at radius 3 is 2.04 bits per heavy atom. The van der Waals surface area contributed by atoms with Crippen LogP contribution < -0.4 is 16.0 Å². The predicted molar refractivity (Wildman–Crippen MR) is 211 cm³/mol. The van der Waals surface area contributed by atoms with E-state index in [1.807, 2.05) is 70.2 Å². The zero-order valence-corrected chi connectivity index (χ0v) is 34.4. The van der Waals surface area contributed by atoms with Crippen LogP contribution in [0.1, 0.15) is 114 Å². The summed E-state index contributed by atoms with van der Waals surface area (Å²) in [6.07, 6.45) is 6.56. The van der Waals surface area contributed by atoms with Gasteiger partial charge in [-0.3, -0.25) is 9.59 Å². The minimum Gasteiger partial charge on any atom is -0.480 e. The number of carboxylic acid groups (broad SMARTS) is 1. The first-order valence-corrected chi connectivity index (χ1v) is 22.3. The molecule has 2 aliphatic rings. The number of alkyl carbamates (subject to hydrolysis) is 1. The minimum absolute atomic E-state index is 0.0613. The topological polar surface area (TPSA) is 143 Å². The quantitative estimate of drug-likeness (QED) is 0.160. The molecule has 10 nitrogen and oxygen atoms in total. The Hall–Kier alpha value is -3.70. The van der Waals surface area contributed by atoms with E-state index in [1.165, 1.54) is 0 Å². The first kappa shape index (κ1) is 42.0. The highest BCUT2D eigenvalue weighted by atomic mass is 28.4. The van der Waals surface area contributed by atoms with Crippen molar-refractivity contribution < 1.29 is 33.4 Å². The maximum absolute atomic E-state index is 13.2. The van der Waals surface area contributed by atoms with Gasteiger partial charge in [0.15, 0.2) is 8.32 Å². The molecule has 53 heavy (non-hydrogen) atoms. The Morgan fingerprint density at radius 1 is 0.868 bits per heavy atom. The van der Waals surface area contributed by atoms with Gasteiger partial charge >= 0.3 is 12.1 Å². The molecule has 2 aliphatic carbocycles. The Kier molecular flexibility index (Phi) is 14.0. The molecular weight excluding hydrogens is 687 g/mol. The number of rotatable bonds is 12. The predicted octanol–water partition coefficient (Wildman–Crippen LogP) is 8.17. The van der Waals surface area contributed by atoms with Crippen molar-refractivity contribution in [2.75, 3.05) is 6.54 Å². The number of nitrogens with one attached hydrogen (secondary N) is 3. The summed E-state index contributed by atoms with van der Waals surface area (Å²) in [7, 11) is -1.81. The number of benzene rings is 2. The van der Waals surface area contributed by atoms with Gasteiger partial charge in [0.1, 0.15) is 11.6 Å². The number of amides is 3. The van der Waals surface area contributed by atoms with Crippen molar-refractivity contribution in [3.05, 3.63) is 59.2 Å². The van der Waals surface area contributed by atoms with Gasteiger partial charge in [0, 0.05) is 36.6 Å². The zero-order chi connectivity index (χ0) is 39.1. The van der Waals surface area contributed by atoms with Crippen LogP contribution in [0.15, 0.2) is 42.5 Å². The Balaban J connectivity index is 1.25. The second-order valence-electron chi connectivity index (χ2n) is 17.8. The van der Waals surface area contributed by atoms with Gasteiger partial charge in [-0.1, -0.05) is 51.1 Å². The molecule has 2 aromatic carbocycles. The van der Waals surface area contributed by atoms with Gasteiger partial charge in [-0.2, -0.15) is 0 Å².